The Labute approximate surface area is 160 Å². The second kappa shape index (κ2) is 6.21. The summed E-state index contributed by atoms with van der Waals surface area (Å²) in [6.45, 7) is 2.86. The lowest BCUT2D eigenvalue weighted by Crippen LogP contribution is -2.27. The highest BCUT2D eigenvalue weighted by Crippen LogP contribution is 2.37. The summed E-state index contributed by atoms with van der Waals surface area (Å²) in [5.74, 6) is 1.16. The molecule has 0 unspecified atom stereocenters. The monoisotopic (exact) mass is 381 g/mol. The zero-order valence-corrected chi connectivity index (χ0v) is 15.8. The summed E-state index contributed by atoms with van der Waals surface area (Å²) in [5, 5.41) is 0.870. The molecular weight excluding hydrogens is 362 g/mol. The quantitative estimate of drug-likeness (QED) is 0.688. The summed E-state index contributed by atoms with van der Waals surface area (Å²) in [6, 6.07) is 7.36. The molecular formula is C20H19N3O3S. The Kier molecular flexibility index (Phi) is 3.80. The first kappa shape index (κ1) is 16.5. The molecule has 1 aromatic carbocycles. The van der Waals surface area contributed by atoms with Gasteiger partial charge in [-0.05, 0) is 36.9 Å². The van der Waals surface area contributed by atoms with Crippen molar-refractivity contribution < 1.29 is 14.3 Å². The summed E-state index contributed by atoms with van der Waals surface area (Å²) in [7, 11) is 2.10. The van der Waals surface area contributed by atoms with E-state index in [1.165, 1.54) is 16.9 Å². The lowest BCUT2D eigenvalue weighted by atomic mass is 10.0. The van der Waals surface area contributed by atoms with Crippen LogP contribution in [0.25, 0.3) is 10.2 Å². The molecule has 0 spiro atoms. The minimum atomic E-state index is -0.109. The van der Waals surface area contributed by atoms with Crippen LogP contribution < -0.4 is 15.2 Å². The van der Waals surface area contributed by atoms with Gasteiger partial charge in [-0.1, -0.05) is 0 Å². The summed E-state index contributed by atoms with van der Waals surface area (Å²) in [5.41, 5.74) is 9.72. The summed E-state index contributed by atoms with van der Waals surface area (Å²) in [4.78, 5) is 21.5. The van der Waals surface area contributed by atoms with Gasteiger partial charge >= 0.3 is 0 Å². The first-order valence-corrected chi connectivity index (χ1v) is 9.75. The maximum absolute atomic E-state index is 13.1. The Morgan fingerprint density at radius 3 is 2.89 bits per heavy atom. The normalized spacial score (nSPS) is 16.3. The third kappa shape index (κ3) is 2.74. The van der Waals surface area contributed by atoms with Crippen molar-refractivity contribution in [2.45, 2.75) is 13.0 Å². The molecule has 7 heteroatoms. The molecule has 0 atom stereocenters. The molecule has 6 nitrogen and oxygen atoms in total. The number of nitrogens with zero attached hydrogens (tertiary/aromatic N) is 2. The summed E-state index contributed by atoms with van der Waals surface area (Å²) >= 11 is 1.37. The lowest BCUT2D eigenvalue weighted by Gasteiger charge is -2.24. The minimum Gasteiger partial charge on any atom is -0.486 e. The molecule has 2 aliphatic rings. The molecule has 0 radical (unpaired) electrons. The predicted molar refractivity (Wildman–Crippen MR) is 105 cm³/mol. The van der Waals surface area contributed by atoms with Gasteiger partial charge in [-0.2, -0.15) is 0 Å². The van der Waals surface area contributed by atoms with Gasteiger partial charge in [0, 0.05) is 36.2 Å². The molecule has 0 aliphatic carbocycles. The fourth-order valence-electron chi connectivity index (χ4n) is 3.62. The maximum Gasteiger partial charge on any atom is 0.205 e. The molecule has 0 amide bonds. The lowest BCUT2D eigenvalue weighted by molar-refractivity contribution is 0.104. The van der Waals surface area contributed by atoms with Crippen molar-refractivity contribution in [1.82, 2.24) is 9.88 Å². The number of nitrogen functional groups attached to an aromatic ring is 1. The number of anilines is 1. The number of aromatic nitrogens is 1. The number of rotatable bonds is 2. The van der Waals surface area contributed by atoms with Crippen LogP contribution in [-0.2, 0) is 13.0 Å². The molecule has 0 saturated heterocycles. The molecule has 5 rings (SSSR count). The molecule has 2 aromatic heterocycles. The molecule has 2 aliphatic heterocycles. The molecule has 138 valence electrons. The van der Waals surface area contributed by atoms with Crippen molar-refractivity contribution in [1.29, 1.82) is 0 Å². The van der Waals surface area contributed by atoms with Crippen LogP contribution in [0.15, 0.2) is 24.3 Å². The Morgan fingerprint density at radius 1 is 1.22 bits per heavy atom. The van der Waals surface area contributed by atoms with Gasteiger partial charge in [0.15, 0.2) is 11.5 Å². The average Bonchev–Trinajstić information content (AvgIpc) is 3.01. The van der Waals surface area contributed by atoms with Crippen LogP contribution >= 0.6 is 11.3 Å². The number of ether oxygens (including phenoxy) is 2. The van der Waals surface area contributed by atoms with Crippen LogP contribution in [0.1, 0.15) is 26.5 Å². The number of ketones is 1. The number of pyridine rings is 1. The number of nitrogens with two attached hydrogens (primary N) is 1. The highest BCUT2D eigenvalue weighted by atomic mass is 32.1. The van der Waals surface area contributed by atoms with Crippen molar-refractivity contribution in [2.24, 2.45) is 0 Å². The largest absolute Gasteiger partial charge is 0.486 e. The predicted octanol–water partition coefficient (Wildman–Crippen LogP) is 2.87. The van der Waals surface area contributed by atoms with E-state index in [4.69, 9.17) is 20.2 Å². The first-order valence-electron chi connectivity index (χ1n) is 8.94. The summed E-state index contributed by atoms with van der Waals surface area (Å²) < 4.78 is 11.1. The van der Waals surface area contributed by atoms with Crippen molar-refractivity contribution >= 4 is 33.0 Å². The van der Waals surface area contributed by atoms with E-state index in [1.807, 2.05) is 0 Å². The zero-order valence-electron chi connectivity index (χ0n) is 14.9. The Hall–Kier alpha value is -2.64. The van der Waals surface area contributed by atoms with Gasteiger partial charge in [0.05, 0.1) is 5.69 Å². The Balaban J connectivity index is 1.56. The first-order chi connectivity index (χ1) is 13.1. The molecule has 2 N–H and O–H groups in total. The van der Waals surface area contributed by atoms with Crippen molar-refractivity contribution in [2.75, 3.05) is 32.5 Å². The fourth-order valence-corrected chi connectivity index (χ4v) is 4.68. The van der Waals surface area contributed by atoms with Crippen molar-refractivity contribution in [3.63, 3.8) is 0 Å². The van der Waals surface area contributed by atoms with E-state index in [-0.39, 0.29) is 5.78 Å². The zero-order chi connectivity index (χ0) is 18.5. The van der Waals surface area contributed by atoms with Gasteiger partial charge in [0.1, 0.15) is 22.9 Å². The number of hydrogen-bond acceptors (Lipinski definition) is 7. The number of benzene rings is 1. The second-order valence-corrected chi connectivity index (χ2v) is 7.97. The maximum atomic E-state index is 13.1. The third-order valence-corrected chi connectivity index (χ3v) is 6.18. The summed E-state index contributed by atoms with van der Waals surface area (Å²) in [6.07, 6.45) is 0.922. The standard InChI is InChI=1S/C20H19N3O3S/c1-23-5-4-14-12(10-23)8-13-17(21)19(27-20(13)22-14)18(24)11-2-3-15-16(9-11)26-7-6-25-15/h2-3,8-9H,4-7,10,21H2,1H3. The van der Waals surface area contributed by atoms with Crippen molar-refractivity contribution in [3.8, 4) is 11.5 Å². The number of carbonyl (C=O) groups is 1. The number of fused-ring (bicyclic) bond motifs is 3. The topological polar surface area (TPSA) is 77.7 Å². The number of hydrogen-bond donors (Lipinski definition) is 1. The van der Waals surface area contributed by atoms with Crippen molar-refractivity contribution in [3.05, 3.63) is 46.0 Å². The van der Waals surface area contributed by atoms with Gasteiger partial charge in [-0.3, -0.25) is 4.79 Å². The van der Waals surface area contributed by atoms with E-state index in [9.17, 15) is 4.79 Å². The van der Waals surface area contributed by atoms with Gasteiger partial charge < -0.3 is 20.1 Å². The van der Waals surface area contributed by atoms with E-state index in [0.29, 0.717) is 40.8 Å². The Bertz CT molecular complexity index is 1080. The smallest absolute Gasteiger partial charge is 0.205 e. The number of carbonyl (C=O) groups excluding carboxylic acids is 1. The van der Waals surface area contributed by atoms with Crippen LogP contribution in [0.5, 0.6) is 11.5 Å². The second-order valence-electron chi connectivity index (χ2n) is 6.97. The SMILES string of the molecule is CN1CCc2nc3sc(C(=O)c4ccc5c(c4)OCCO5)c(N)c3cc2C1. The van der Waals surface area contributed by atoms with E-state index >= 15 is 0 Å². The van der Waals surface area contributed by atoms with Gasteiger partial charge in [-0.15, -0.1) is 11.3 Å². The van der Waals surface area contributed by atoms with E-state index in [0.717, 1.165) is 35.4 Å². The van der Waals surface area contributed by atoms with Crippen LogP contribution in [0.3, 0.4) is 0 Å². The number of likely N-dealkylation sites (N-methyl/N-ethyl adjacent to an activating group) is 1. The van der Waals surface area contributed by atoms with E-state index in [2.05, 4.69) is 18.0 Å². The molecule has 0 fully saturated rings. The molecule has 0 saturated carbocycles. The van der Waals surface area contributed by atoms with Crippen LogP contribution in [-0.4, -0.2) is 42.5 Å². The molecule has 3 aromatic rings. The molecule has 4 heterocycles. The molecule has 0 bridgehead atoms. The van der Waals surface area contributed by atoms with Crippen LogP contribution in [0.4, 0.5) is 5.69 Å². The van der Waals surface area contributed by atoms with Crippen LogP contribution in [0, 0.1) is 0 Å². The fraction of sp³-hybridized carbons (Fsp3) is 0.300. The molecule has 27 heavy (non-hydrogen) atoms. The van der Waals surface area contributed by atoms with Gasteiger partial charge in [-0.25, -0.2) is 4.98 Å². The van der Waals surface area contributed by atoms with Crippen LogP contribution in [0.2, 0.25) is 0 Å². The van der Waals surface area contributed by atoms with Gasteiger partial charge in [0.25, 0.3) is 0 Å². The highest BCUT2D eigenvalue weighted by Gasteiger charge is 2.23. The highest BCUT2D eigenvalue weighted by molar-refractivity contribution is 7.21. The van der Waals surface area contributed by atoms with Gasteiger partial charge in [0.2, 0.25) is 5.78 Å². The number of thiophene rings is 1. The van der Waals surface area contributed by atoms with E-state index in [1.54, 1.807) is 18.2 Å². The minimum absolute atomic E-state index is 0.109. The van der Waals surface area contributed by atoms with E-state index < -0.39 is 0 Å². The average molecular weight is 381 g/mol. The Morgan fingerprint density at radius 2 is 2.04 bits per heavy atom. The third-order valence-electron chi connectivity index (χ3n) is 5.07.